The maximum Gasteiger partial charge on any atom is 0.141 e. The maximum absolute atomic E-state index is 5.49. The molecule has 1 aromatic carbocycles. The molecular formula is C16H25NOS. The van der Waals surface area contributed by atoms with Gasteiger partial charge in [-0.2, -0.15) is 11.8 Å². The van der Waals surface area contributed by atoms with E-state index < -0.39 is 0 Å². The smallest absolute Gasteiger partial charge is 0.141 e. The van der Waals surface area contributed by atoms with Gasteiger partial charge in [-0.15, -0.1) is 0 Å². The lowest BCUT2D eigenvalue weighted by molar-refractivity contribution is 0.415. The van der Waals surface area contributed by atoms with E-state index >= 15 is 0 Å². The molecule has 1 aromatic rings. The van der Waals surface area contributed by atoms with Crippen LogP contribution in [0.1, 0.15) is 39.2 Å². The monoisotopic (exact) mass is 279 g/mol. The molecule has 1 saturated heterocycles. The van der Waals surface area contributed by atoms with Gasteiger partial charge in [0.1, 0.15) is 5.75 Å². The van der Waals surface area contributed by atoms with Crippen LogP contribution in [-0.4, -0.2) is 24.7 Å². The average Bonchev–Trinajstić information content (AvgIpc) is 2.39. The molecule has 0 amide bonds. The Balaban J connectivity index is 2.20. The molecule has 2 rings (SSSR count). The van der Waals surface area contributed by atoms with E-state index in [0.717, 1.165) is 11.4 Å². The van der Waals surface area contributed by atoms with E-state index in [2.05, 4.69) is 56.0 Å². The molecule has 3 heteroatoms. The van der Waals surface area contributed by atoms with Gasteiger partial charge in [0.05, 0.1) is 12.8 Å². The van der Waals surface area contributed by atoms with Gasteiger partial charge in [0.2, 0.25) is 0 Å². The lowest BCUT2D eigenvalue weighted by atomic mass is 9.86. The summed E-state index contributed by atoms with van der Waals surface area (Å²) in [7, 11) is 1.74. The molecule has 106 valence electrons. The number of nitrogens with one attached hydrogen (secondary N) is 1. The molecule has 0 radical (unpaired) electrons. The second-order valence-electron chi connectivity index (χ2n) is 6.20. The number of hydrogen-bond donors (Lipinski definition) is 1. The predicted octanol–water partition coefficient (Wildman–Crippen LogP) is 4.30. The van der Waals surface area contributed by atoms with Crippen molar-refractivity contribution >= 4 is 17.4 Å². The highest BCUT2D eigenvalue weighted by atomic mass is 32.2. The van der Waals surface area contributed by atoms with Crippen LogP contribution in [-0.2, 0) is 5.41 Å². The molecule has 0 saturated carbocycles. The summed E-state index contributed by atoms with van der Waals surface area (Å²) in [4.78, 5) is 0. The Hall–Kier alpha value is -0.830. The number of benzene rings is 1. The minimum atomic E-state index is 0.172. The van der Waals surface area contributed by atoms with Gasteiger partial charge in [-0.3, -0.25) is 0 Å². The minimum absolute atomic E-state index is 0.172. The van der Waals surface area contributed by atoms with Crippen LogP contribution in [0.2, 0.25) is 0 Å². The van der Waals surface area contributed by atoms with Gasteiger partial charge in [-0.05, 0) is 47.5 Å². The van der Waals surface area contributed by atoms with Gasteiger partial charge in [-0.1, -0.05) is 26.8 Å². The zero-order chi connectivity index (χ0) is 13.9. The van der Waals surface area contributed by atoms with Crippen LogP contribution in [0.25, 0.3) is 0 Å². The number of thioether (sulfide) groups is 1. The van der Waals surface area contributed by atoms with Crippen molar-refractivity contribution in [1.29, 1.82) is 0 Å². The molecule has 1 aliphatic rings. The summed E-state index contributed by atoms with van der Waals surface area (Å²) in [6, 6.07) is 7.09. The number of anilines is 1. The van der Waals surface area contributed by atoms with Crippen molar-refractivity contribution in [1.82, 2.24) is 0 Å². The number of ether oxygens (including phenoxy) is 1. The second kappa shape index (κ2) is 6.08. The van der Waals surface area contributed by atoms with Crippen LogP contribution in [0.5, 0.6) is 5.75 Å². The lowest BCUT2D eigenvalue weighted by Gasteiger charge is -2.26. The Bertz CT molecular complexity index is 419. The van der Waals surface area contributed by atoms with E-state index in [0.29, 0.717) is 6.04 Å². The highest BCUT2D eigenvalue weighted by Gasteiger charge is 2.18. The summed E-state index contributed by atoms with van der Waals surface area (Å²) < 4.78 is 5.49. The fourth-order valence-corrected chi connectivity index (χ4v) is 3.46. The molecule has 0 unspecified atom stereocenters. The zero-order valence-electron chi connectivity index (χ0n) is 12.5. The fraction of sp³-hybridized carbons (Fsp3) is 0.625. The van der Waals surface area contributed by atoms with E-state index in [4.69, 9.17) is 4.74 Å². The first-order chi connectivity index (χ1) is 9.00. The first-order valence-corrected chi connectivity index (χ1v) is 8.19. The number of rotatable bonds is 3. The van der Waals surface area contributed by atoms with E-state index in [1.54, 1.807) is 7.11 Å². The Kier molecular flexibility index (Phi) is 4.67. The van der Waals surface area contributed by atoms with Gasteiger partial charge in [0, 0.05) is 6.04 Å². The van der Waals surface area contributed by atoms with Gasteiger partial charge in [0.25, 0.3) is 0 Å². The summed E-state index contributed by atoms with van der Waals surface area (Å²) in [5.74, 6) is 3.48. The van der Waals surface area contributed by atoms with Crippen molar-refractivity contribution in [3.8, 4) is 5.75 Å². The quantitative estimate of drug-likeness (QED) is 0.891. The first kappa shape index (κ1) is 14.6. The largest absolute Gasteiger partial charge is 0.495 e. The molecule has 0 spiro atoms. The molecular weight excluding hydrogens is 254 g/mol. The van der Waals surface area contributed by atoms with Crippen LogP contribution in [0.15, 0.2) is 18.2 Å². The third kappa shape index (κ3) is 3.82. The molecule has 1 N–H and O–H groups in total. The third-order valence-corrected chi connectivity index (χ3v) is 4.70. The van der Waals surface area contributed by atoms with Crippen molar-refractivity contribution in [3.05, 3.63) is 23.8 Å². The fourth-order valence-electron chi connectivity index (χ4n) is 2.35. The molecule has 0 atom stereocenters. The summed E-state index contributed by atoms with van der Waals surface area (Å²) >= 11 is 2.06. The molecule has 0 bridgehead atoms. The summed E-state index contributed by atoms with van der Waals surface area (Å²) in [5, 5.41) is 3.67. The summed E-state index contributed by atoms with van der Waals surface area (Å²) in [6.07, 6.45) is 2.49. The summed E-state index contributed by atoms with van der Waals surface area (Å²) in [6.45, 7) is 6.74. The van der Waals surface area contributed by atoms with Crippen molar-refractivity contribution in [2.75, 3.05) is 23.9 Å². The van der Waals surface area contributed by atoms with Crippen molar-refractivity contribution < 1.29 is 4.74 Å². The highest BCUT2D eigenvalue weighted by Crippen LogP contribution is 2.33. The van der Waals surface area contributed by atoms with Crippen LogP contribution in [0, 0.1) is 0 Å². The predicted molar refractivity (Wildman–Crippen MR) is 85.7 cm³/mol. The first-order valence-electron chi connectivity index (χ1n) is 7.03. The number of hydrogen-bond acceptors (Lipinski definition) is 3. The molecule has 0 aromatic heterocycles. The Labute approximate surface area is 121 Å². The van der Waals surface area contributed by atoms with Crippen molar-refractivity contribution in [2.24, 2.45) is 0 Å². The van der Waals surface area contributed by atoms with Crippen LogP contribution in [0.4, 0.5) is 5.69 Å². The van der Waals surface area contributed by atoms with Gasteiger partial charge < -0.3 is 10.1 Å². The molecule has 1 heterocycles. The zero-order valence-corrected chi connectivity index (χ0v) is 13.3. The van der Waals surface area contributed by atoms with Crippen LogP contribution >= 0.6 is 11.8 Å². The topological polar surface area (TPSA) is 21.3 Å². The van der Waals surface area contributed by atoms with Gasteiger partial charge >= 0.3 is 0 Å². The van der Waals surface area contributed by atoms with Gasteiger partial charge in [-0.25, -0.2) is 0 Å². The van der Waals surface area contributed by atoms with E-state index in [1.165, 1.54) is 29.9 Å². The normalized spacial score (nSPS) is 17.3. The Morgan fingerprint density at radius 2 is 1.89 bits per heavy atom. The van der Waals surface area contributed by atoms with E-state index in [9.17, 15) is 0 Å². The van der Waals surface area contributed by atoms with E-state index in [-0.39, 0.29) is 5.41 Å². The Morgan fingerprint density at radius 1 is 1.21 bits per heavy atom. The van der Waals surface area contributed by atoms with E-state index in [1.807, 2.05) is 0 Å². The molecule has 19 heavy (non-hydrogen) atoms. The average molecular weight is 279 g/mol. The van der Waals surface area contributed by atoms with Crippen LogP contribution < -0.4 is 10.1 Å². The SMILES string of the molecule is COc1ccc(C(C)(C)C)cc1NC1CCSCC1. The molecule has 2 nitrogen and oxygen atoms in total. The molecule has 1 aliphatic heterocycles. The third-order valence-electron chi connectivity index (χ3n) is 3.65. The summed E-state index contributed by atoms with van der Waals surface area (Å²) in [5.41, 5.74) is 2.67. The van der Waals surface area contributed by atoms with Crippen molar-refractivity contribution in [2.45, 2.75) is 45.1 Å². The molecule has 1 fully saturated rings. The van der Waals surface area contributed by atoms with Crippen molar-refractivity contribution in [3.63, 3.8) is 0 Å². The Morgan fingerprint density at radius 3 is 2.47 bits per heavy atom. The van der Waals surface area contributed by atoms with Gasteiger partial charge in [0.15, 0.2) is 0 Å². The maximum atomic E-state index is 5.49. The number of methoxy groups -OCH3 is 1. The lowest BCUT2D eigenvalue weighted by Crippen LogP contribution is -2.25. The minimum Gasteiger partial charge on any atom is -0.495 e. The standard InChI is InChI=1S/C16H25NOS/c1-16(2,3)12-5-6-15(18-4)14(11-12)17-13-7-9-19-10-8-13/h5-6,11,13,17H,7-10H2,1-4H3. The highest BCUT2D eigenvalue weighted by molar-refractivity contribution is 7.99. The second-order valence-corrected chi connectivity index (χ2v) is 7.42. The molecule has 0 aliphatic carbocycles. The van der Waals surface area contributed by atoms with Crippen LogP contribution in [0.3, 0.4) is 0 Å².